The number of rotatable bonds is 2. The molecule has 5 nitrogen and oxygen atoms in total. The maximum atomic E-state index is 15.4. The Morgan fingerprint density at radius 3 is 1.96 bits per heavy atom. The maximum Gasteiger partial charge on any atom is 0.346 e. The third kappa shape index (κ3) is 1.92. The average molecular weight is 356 g/mol. The van der Waals surface area contributed by atoms with Gasteiger partial charge in [-0.2, -0.15) is 0 Å². The number of alkyl halides is 1. The van der Waals surface area contributed by atoms with E-state index in [0.29, 0.717) is 5.56 Å². The van der Waals surface area contributed by atoms with Crippen molar-refractivity contribution in [2.24, 2.45) is 0 Å². The standard InChI is InChI=1S/C15H13FO5S2/c1-10-5-4-6-11(9-10)14(17)15(16)22(18,19)12-7-2-3-8-13(12)23(15,20)21/h2-9,14,17H,1H3. The molecule has 0 bridgehead atoms. The molecule has 1 unspecified atom stereocenters. The minimum absolute atomic E-state index is 0.118. The Bertz CT molecular complexity index is 943. The summed E-state index contributed by atoms with van der Waals surface area (Å²) >= 11 is 0. The van der Waals surface area contributed by atoms with E-state index in [4.69, 9.17) is 0 Å². The quantitative estimate of drug-likeness (QED) is 0.888. The molecule has 8 heteroatoms. The molecule has 1 heterocycles. The number of halogens is 1. The van der Waals surface area contributed by atoms with Gasteiger partial charge in [0.1, 0.15) is 6.10 Å². The van der Waals surface area contributed by atoms with Crippen LogP contribution >= 0.6 is 0 Å². The van der Waals surface area contributed by atoms with Gasteiger partial charge in [-0.15, -0.1) is 0 Å². The summed E-state index contributed by atoms with van der Waals surface area (Å²) in [7, 11) is -9.84. The Morgan fingerprint density at radius 1 is 0.957 bits per heavy atom. The SMILES string of the molecule is Cc1cccc(C(O)C2(F)S(=O)(=O)c3ccccc3S2(=O)=O)c1. The molecule has 2 aromatic carbocycles. The third-order valence-electron chi connectivity index (χ3n) is 3.85. The minimum Gasteiger partial charge on any atom is -0.383 e. The second kappa shape index (κ2) is 4.86. The van der Waals surface area contributed by atoms with Crippen molar-refractivity contribution >= 4 is 19.7 Å². The van der Waals surface area contributed by atoms with E-state index in [0.717, 1.165) is 12.1 Å². The molecular weight excluding hydrogens is 343 g/mol. The normalized spacial score (nSPS) is 21.5. The fourth-order valence-corrected chi connectivity index (χ4v) is 7.67. The molecule has 23 heavy (non-hydrogen) atoms. The Labute approximate surface area is 133 Å². The van der Waals surface area contributed by atoms with Crippen LogP contribution in [0.3, 0.4) is 0 Å². The minimum atomic E-state index is -4.92. The summed E-state index contributed by atoms with van der Waals surface area (Å²) in [6.07, 6.45) is -2.36. The first-order valence-electron chi connectivity index (χ1n) is 6.66. The molecule has 0 spiro atoms. The monoisotopic (exact) mass is 356 g/mol. The molecule has 0 aliphatic carbocycles. The number of fused-ring (bicyclic) bond motifs is 1. The fourth-order valence-electron chi connectivity index (χ4n) is 2.67. The van der Waals surface area contributed by atoms with Crippen LogP contribution in [-0.4, -0.2) is 26.3 Å². The second-order valence-corrected chi connectivity index (χ2v) is 9.69. The van der Waals surface area contributed by atoms with E-state index in [9.17, 15) is 21.9 Å². The summed E-state index contributed by atoms with van der Waals surface area (Å²) in [5, 5.41) is 10.3. The molecule has 2 aromatic rings. The topological polar surface area (TPSA) is 88.5 Å². The number of hydrogen-bond donors (Lipinski definition) is 1. The molecule has 1 aliphatic heterocycles. The van der Waals surface area contributed by atoms with Crippen molar-refractivity contribution in [2.45, 2.75) is 27.2 Å². The predicted molar refractivity (Wildman–Crippen MR) is 80.8 cm³/mol. The smallest absolute Gasteiger partial charge is 0.346 e. The van der Waals surface area contributed by atoms with Crippen LogP contribution in [0.1, 0.15) is 17.2 Å². The van der Waals surface area contributed by atoms with E-state index in [1.54, 1.807) is 13.0 Å². The van der Waals surface area contributed by atoms with Gasteiger partial charge in [0, 0.05) is 0 Å². The van der Waals surface area contributed by atoms with Crippen LogP contribution in [-0.2, 0) is 19.7 Å². The van der Waals surface area contributed by atoms with Crippen LogP contribution in [0, 0.1) is 6.92 Å². The highest BCUT2D eigenvalue weighted by atomic mass is 32.3. The molecule has 0 saturated carbocycles. The molecule has 1 N–H and O–H groups in total. The van der Waals surface area contributed by atoms with Crippen molar-refractivity contribution in [1.82, 2.24) is 0 Å². The molecule has 0 aromatic heterocycles. The first kappa shape index (κ1) is 16.1. The van der Waals surface area contributed by atoms with Gasteiger partial charge in [-0.25, -0.2) is 21.2 Å². The Kier molecular flexibility index (Phi) is 3.40. The number of hydrogen-bond acceptors (Lipinski definition) is 5. The molecule has 122 valence electrons. The first-order valence-corrected chi connectivity index (χ1v) is 9.62. The van der Waals surface area contributed by atoms with Gasteiger partial charge in [0.25, 0.3) is 0 Å². The number of aryl methyl sites for hydroxylation is 1. The van der Waals surface area contributed by atoms with Gasteiger partial charge in [0.2, 0.25) is 19.7 Å². The summed E-state index contributed by atoms with van der Waals surface area (Å²) < 4.78 is 61.6. The van der Waals surface area contributed by atoms with Gasteiger partial charge in [-0.3, -0.25) is 0 Å². The third-order valence-corrected chi connectivity index (χ3v) is 9.07. The molecule has 0 fully saturated rings. The highest BCUT2D eigenvalue weighted by molar-refractivity contribution is 8.12. The van der Waals surface area contributed by atoms with E-state index in [2.05, 4.69) is 0 Å². The van der Waals surface area contributed by atoms with Crippen molar-refractivity contribution in [3.8, 4) is 0 Å². The van der Waals surface area contributed by atoms with E-state index in [1.165, 1.54) is 30.3 Å². The summed E-state index contributed by atoms with van der Waals surface area (Å²) in [5.74, 6) is 0. The maximum absolute atomic E-state index is 15.4. The molecule has 1 atom stereocenters. The lowest BCUT2D eigenvalue weighted by molar-refractivity contribution is 0.0957. The lowest BCUT2D eigenvalue weighted by Crippen LogP contribution is -2.42. The van der Waals surface area contributed by atoms with Crippen molar-refractivity contribution in [3.05, 3.63) is 59.7 Å². The molecule has 0 radical (unpaired) electrons. The average Bonchev–Trinajstić information content (AvgIpc) is 2.64. The number of aliphatic hydroxyl groups excluding tert-OH is 1. The molecule has 0 saturated heterocycles. The van der Waals surface area contributed by atoms with Gasteiger partial charge >= 0.3 is 4.33 Å². The van der Waals surface area contributed by atoms with E-state index < -0.39 is 39.9 Å². The summed E-state index contributed by atoms with van der Waals surface area (Å²) in [6, 6.07) is 10.4. The number of sulfone groups is 2. The van der Waals surface area contributed by atoms with Crippen LogP contribution in [0.2, 0.25) is 0 Å². The summed E-state index contributed by atoms with van der Waals surface area (Å²) in [6.45, 7) is 1.66. The van der Waals surface area contributed by atoms with Crippen LogP contribution in [0.15, 0.2) is 58.3 Å². The van der Waals surface area contributed by atoms with Crippen LogP contribution in [0.5, 0.6) is 0 Å². The molecule has 1 aliphatic rings. The van der Waals surface area contributed by atoms with Gasteiger partial charge in [-0.1, -0.05) is 42.0 Å². The van der Waals surface area contributed by atoms with Crippen LogP contribution in [0.4, 0.5) is 4.39 Å². The fraction of sp³-hybridized carbons (Fsp3) is 0.200. The lowest BCUT2D eigenvalue weighted by Gasteiger charge is -2.24. The van der Waals surface area contributed by atoms with Crippen molar-refractivity contribution < 1.29 is 26.3 Å². The summed E-state index contributed by atoms with van der Waals surface area (Å²) in [4.78, 5) is -1.26. The van der Waals surface area contributed by atoms with E-state index >= 15 is 4.39 Å². The van der Waals surface area contributed by atoms with Gasteiger partial charge in [0.05, 0.1) is 9.79 Å². The Hall–Kier alpha value is -1.77. The first-order chi connectivity index (χ1) is 10.6. The summed E-state index contributed by atoms with van der Waals surface area (Å²) in [5.41, 5.74) is 0.517. The van der Waals surface area contributed by atoms with Crippen molar-refractivity contribution in [3.63, 3.8) is 0 Å². The molecular formula is C15H13FO5S2. The highest BCUT2D eigenvalue weighted by Crippen LogP contribution is 2.52. The Balaban J connectivity index is 2.31. The zero-order valence-corrected chi connectivity index (χ0v) is 13.6. The van der Waals surface area contributed by atoms with Gasteiger partial charge in [0.15, 0.2) is 0 Å². The second-order valence-electron chi connectivity index (χ2n) is 5.35. The van der Waals surface area contributed by atoms with E-state index in [-0.39, 0.29) is 5.56 Å². The lowest BCUT2D eigenvalue weighted by atomic mass is 10.1. The van der Waals surface area contributed by atoms with Crippen molar-refractivity contribution in [1.29, 1.82) is 0 Å². The predicted octanol–water partition coefficient (Wildman–Crippen LogP) is 1.91. The molecule has 3 rings (SSSR count). The zero-order chi connectivity index (χ0) is 17.0. The van der Waals surface area contributed by atoms with Crippen molar-refractivity contribution in [2.75, 3.05) is 0 Å². The van der Waals surface area contributed by atoms with Gasteiger partial charge < -0.3 is 5.11 Å². The zero-order valence-electron chi connectivity index (χ0n) is 12.0. The number of benzene rings is 2. The van der Waals surface area contributed by atoms with E-state index in [1.807, 2.05) is 0 Å². The van der Waals surface area contributed by atoms with Crippen LogP contribution < -0.4 is 0 Å². The Morgan fingerprint density at radius 2 is 1.48 bits per heavy atom. The highest BCUT2D eigenvalue weighted by Gasteiger charge is 2.68. The number of aliphatic hydroxyl groups is 1. The largest absolute Gasteiger partial charge is 0.383 e. The van der Waals surface area contributed by atoms with Gasteiger partial charge in [-0.05, 0) is 24.6 Å². The van der Waals surface area contributed by atoms with Crippen LogP contribution in [0.25, 0.3) is 0 Å². The molecule has 0 amide bonds.